The van der Waals surface area contributed by atoms with Crippen molar-refractivity contribution >= 4 is 29.4 Å². The highest BCUT2D eigenvalue weighted by atomic mass is 16.6. The Kier molecular flexibility index (Phi) is 7.24. The standard InChI is InChI=1S/C26H31N5O4/c1-17(2)16-34-26(33)31-14-12-30(13-15-31)20-10-8-19(9-11-20)23-22(24(27)32)29-25(35-23)28-21-7-5-4-6-18(21)3/h4-11,17H,12-16H2,1-3H3,(H2,27,32)(H,28,29). The number of rotatable bonds is 7. The summed E-state index contributed by atoms with van der Waals surface area (Å²) in [6, 6.07) is 15.6. The van der Waals surface area contributed by atoms with Crippen LogP contribution >= 0.6 is 0 Å². The molecule has 184 valence electrons. The maximum atomic E-state index is 12.2. The molecule has 9 heteroatoms. The number of aromatic nitrogens is 1. The van der Waals surface area contributed by atoms with Crippen molar-refractivity contribution in [3.05, 3.63) is 59.8 Å². The van der Waals surface area contributed by atoms with Gasteiger partial charge in [-0.2, -0.15) is 4.98 Å². The van der Waals surface area contributed by atoms with Gasteiger partial charge in [-0.3, -0.25) is 4.79 Å². The minimum atomic E-state index is -0.661. The summed E-state index contributed by atoms with van der Waals surface area (Å²) >= 11 is 0. The number of aryl methyl sites for hydroxylation is 1. The number of benzene rings is 2. The Labute approximate surface area is 204 Å². The molecule has 1 aromatic heterocycles. The topological polar surface area (TPSA) is 114 Å². The molecule has 3 aromatic rings. The maximum Gasteiger partial charge on any atom is 0.409 e. The average molecular weight is 478 g/mol. The lowest BCUT2D eigenvalue weighted by Gasteiger charge is -2.35. The van der Waals surface area contributed by atoms with E-state index in [1.165, 1.54) is 0 Å². The van der Waals surface area contributed by atoms with Crippen molar-refractivity contribution in [1.82, 2.24) is 9.88 Å². The maximum absolute atomic E-state index is 12.2. The second-order valence-electron chi connectivity index (χ2n) is 8.99. The fraction of sp³-hybridized carbons (Fsp3) is 0.346. The van der Waals surface area contributed by atoms with E-state index >= 15 is 0 Å². The molecule has 9 nitrogen and oxygen atoms in total. The Morgan fingerprint density at radius 2 is 1.77 bits per heavy atom. The van der Waals surface area contributed by atoms with Gasteiger partial charge in [-0.15, -0.1) is 0 Å². The Morgan fingerprint density at radius 1 is 1.09 bits per heavy atom. The number of oxazole rings is 1. The van der Waals surface area contributed by atoms with Gasteiger partial charge < -0.3 is 30.0 Å². The van der Waals surface area contributed by atoms with E-state index in [0.29, 0.717) is 50.0 Å². The van der Waals surface area contributed by atoms with Crippen LogP contribution in [0.2, 0.25) is 0 Å². The van der Waals surface area contributed by atoms with Gasteiger partial charge in [0, 0.05) is 43.1 Å². The number of hydrogen-bond donors (Lipinski definition) is 2. The molecule has 2 amide bonds. The predicted octanol–water partition coefficient (Wildman–Crippen LogP) is 4.41. The molecule has 1 aliphatic heterocycles. The molecule has 2 aromatic carbocycles. The van der Waals surface area contributed by atoms with E-state index in [9.17, 15) is 9.59 Å². The van der Waals surface area contributed by atoms with E-state index in [4.69, 9.17) is 14.9 Å². The summed E-state index contributed by atoms with van der Waals surface area (Å²) in [5.41, 5.74) is 9.21. The average Bonchev–Trinajstić information content (AvgIpc) is 3.28. The van der Waals surface area contributed by atoms with Gasteiger partial charge in [0.1, 0.15) is 0 Å². The van der Waals surface area contributed by atoms with Gasteiger partial charge >= 0.3 is 6.09 Å². The van der Waals surface area contributed by atoms with Crippen LogP contribution in [0.25, 0.3) is 11.3 Å². The van der Waals surface area contributed by atoms with Crippen LogP contribution in [0.15, 0.2) is 52.9 Å². The Morgan fingerprint density at radius 3 is 2.40 bits per heavy atom. The molecule has 0 spiro atoms. The first-order valence-electron chi connectivity index (χ1n) is 11.7. The van der Waals surface area contributed by atoms with E-state index in [1.54, 1.807) is 4.90 Å². The first-order valence-corrected chi connectivity index (χ1v) is 11.7. The first-order chi connectivity index (χ1) is 16.8. The van der Waals surface area contributed by atoms with Crippen molar-refractivity contribution in [3.8, 4) is 11.3 Å². The molecule has 1 saturated heterocycles. The van der Waals surface area contributed by atoms with Crippen molar-refractivity contribution in [2.45, 2.75) is 20.8 Å². The zero-order chi connectivity index (χ0) is 24.9. The molecule has 1 aliphatic rings. The number of ether oxygens (including phenoxy) is 1. The number of nitrogens with two attached hydrogens (primary N) is 1. The van der Waals surface area contributed by atoms with Crippen LogP contribution in [0.4, 0.5) is 22.2 Å². The number of hydrogen-bond acceptors (Lipinski definition) is 7. The van der Waals surface area contributed by atoms with Crippen molar-refractivity contribution in [2.24, 2.45) is 11.7 Å². The third-order valence-electron chi connectivity index (χ3n) is 5.82. The molecule has 1 fully saturated rings. The first kappa shape index (κ1) is 24.1. The number of carbonyl (C=O) groups excluding carboxylic acids is 2. The molecule has 0 saturated carbocycles. The highest BCUT2D eigenvalue weighted by molar-refractivity contribution is 5.97. The minimum Gasteiger partial charge on any atom is -0.449 e. The zero-order valence-electron chi connectivity index (χ0n) is 20.3. The second-order valence-corrected chi connectivity index (χ2v) is 8.99. The van der Waals surface area contributed by atoms with E-state index in [-0.39, 0.29) is 17.8 Å². The summed E-state index contributed by atoms with van der Waals surface area (Å²) in [6.07, 6.45) is -0.256. The van der Waals surface area contributed by atoms with Gasteiger partial charge in [-0.05, 0) is 48.7 Å². The molecule has 0 atom stereocenters. The molecule has 4 rings (SSSR count). The number of nitrogens with zero attached hydrogens (tertiary/aromatic N) is 3. The lowest BCUT2D eigenvalue weighted by atomic mass is 10.1. The summed E-state index contributed by atoms with van der Waals surface area (Å²) < 4.78 is 11.2. The largest absolute Gasteiger partial charge is 0.449 e. The molecule has 35 heavy (non-hydrogen) atoms. The van der Waals surface area contributed by atoms with Gasteiger partial charge in [0.2, 0.25) is 0 Å². The van der Waals surface area contributed by atoms with E-state index < -0.39 is 5.91 Å². The van der Waals surface area contributed by atoms with Gasteiger partial charge in [-0.25, -0.2) is 4.79 Å². The van der Waals surface area contributed by atoms with Gasteiger partial charge in [0.25, 0.3) is 11.9 Å². The number of piperazine rings is 1. The molecule has 0 aliphatic carbocycles. The molecular weight excluding hydrogens is 446 g/mol. The lowest BCUT2D eigenvalue weighted by Crippen LogP contribution is -2.49. The van der Waals surface area contributed by atoms with E-state index in [1.807, 2.05) is 69.3 Å². The Hall–Kier alpha value is -4.01. The normalized spacial score (nSPS) is 13.7. The second kappa shape index (κ2) is 10.5. The van der Waals surface area contributed by atoms with Crippen LogP contribution in [0.5, 0.6) is 0 Å². The molecule has 3 N–H and O–H groups in total. The quantitative estimate of drug-likeness (QED) is 0.518. The van der Waals surface area contributed by atoms with E-state index in [2.05, 4.69) is 15.2 Å². The van der Waals surface area contributed by atoms with Gasteiger partial charge in [0.05, 0.1) is 6.61 Å². The van der Waals surface area contributed by atoms with E-state index in [0.717, 1.165) is 16.9 Å². The summed E-state index contributed by atoms with van der Waals surface area (Å²) in [5, 5.41) is 3.11. The third-order valence-corrected chi connectivity index (χ3v) is 5.82. The van der Waals surface area contributed by atoms with Gasteiger partial charge in [-0.1, -0.05) is 32.0 Å². The van der Waals surface area contributed by atoms with Crippen molar-refractivity contribution in [3.63, 3.8) is 0 Å². The van der Waals surface area contributed by atoms with Crippen LogP contribution in [0, 0.1) is 12.8 Å². The van der Waals surface area contributed by atoms with Crippen LogP contribution < -0.4 is 16.0 Å². The Balaban J connectivity index is 1.44. The van der Waals surface area contributed by atoms with Crippen LogP contribution in [-0.4, -0.2) is 54.7 Å². The monoisotopic (exact) mass is 477 g/mol. The molecule has 2 heterocycles. The fourth-order valence-corrected chi connectivity index (χ4v) is 3.86. The molecule has 0 radical (unpaired) electrons. The minimum absolute atomic E-state index is 0.0716. The Bertz CT molecular complexity index is 1180. The van der Waals surface area contributed by atoms with Crippen molar-refractivity contribution in [1.29, 1.82) is 0 Å². The molecular formula is C26H31N5O4. The zero-order valence-corrected chi connectivity index (χ0v) is 20.3. The molecule has 0 bridgehead atoms. The number of primary amides is 1. The fourth-order valence-electron chi connectivity index (χ4n) is 3.86. The molecule has 0 unspecified atom stereocenters. The van der Waals surface area contributed by atoms with Gasteiger partial charge in [0.15, 0.2) is 11.5 Å². The van der Waals surface area contributed by atoms with Crippen LogP contribution in [0.3, 0.4) is 0 Å². The smallest absolute Gasteiger partial charge is 0.409 e. The number of nitrogens with one attached hydrogen (secondary N) is 1. The summed E-state index contributed by atoms with van der Waals surface area (Å²) in [5.74, 6) is -0.0310. The number of amides is 2. The highest BCUT2D eigenvalue weighted by Crippen LogP contribution is 2.31. The highest BCUT2D eigenvalue weighted by Gasteiger charge is 2.24. The summed E-state index contributed by atoms with van der Waals surface area (Å²) in [7, 11) is 0. The summed E-state index contributed by atoms with van der Waals surface area (Å²) in [4.78, 5) is 32.4. The predicted molar refractivity (Wildman–Crippen MR) is 135 cm³/mol. The van der Waals surface area contributed by atoms with Crippen molar-refractivity contribution in [2.75, 3.05) is 43.0 Å². The number of carbonyl (C=O) groups is 2. The number of para-hydroxylation sites is 1. The van der Waals surface area contributed by atoms with Crippen LogP contribution in [-0.2, 0) is 4.74 Å². The number of anilines is 3. The summed E-state index contributed by atoms with van der Waals surface area (Å²) in [6.45, 7) is 9.03. The lowest BCUT2D eigenvalue weighted by molar-refractivity contribution is 0.0901. The third kappa shape index (κ3) is 5.74. The SMILES string of the molecule is Cc1ccccc1Nc1nc(C(N)=O)c(-c2ccc(N3CCN(C(=O)OCC(C)C)CC3)cc2)o1. The van der Waals surface area contributed by atoms with Crippen LogP contribution in [0.1, 0.15) is 29.9 Å². The van der Waals surface area contributed by atoms with Crippen molar-refractivity contribution < 1.29 is 18.7 Å².